The van der Waals surface area contributed by atoms with Crippen LogP contribution in [0.25, 0.3) is 11.2 Å². The van der Waals surface area contributed by atoms with Crippen molar-refractivity contribution in [2.24, 2.45) is 7.05 Å². The Morgan fingerprint density at radius 3 is 2.81 bits per heavy atom. The summed E-state index contributed by atoms with van der Waals surface area (Å²) in [5.74, 6) is 0.0391. The quantitative estimate of drug-likeness (QED) is 0.805. The lowest BCUT2D eigenvalue weighted by atomic mass is 10.2. The number of amides is 1. The molecule has 1 amide bonds. The molecule has 2 rings (SSSR count). The number of carbonyl (C=O) groups is 1. The van der Waals surface area contributed by atoms with Crippen LogP contribution in [-0.2, 0) is 24.8 Å². The van der Waals surface area contributed by atoms with E-state index in [2.05, 4.69) is 22.3 Å². The second kappa shape index (κ2) is 6.43. The summed E-state index contributed by atoms with van der Waals surface area (Å²) in [6.07, 6.45) is 2.36. The third-order valence-electron chi connectivity index (χ3n) is 3.32. The molecule has 0 saturated heterocycles. The van der Waals surface area contributed by atoms with E-state index in [0.717, 1.165) is 29.7 Å². The highest BCUT2D eigenvalue weighted by molar-refractivity contribution is 7.71. The highest BCUT2D eigenvalue weighted by atomic mass is 32.1. The van der Waals surface area contributed by atoms with Gasteiger partial charge in [0.15, 0.2) is 10.4 Å². The Morgan fingerprint density at radius 1 is 1.48 bits per heavy atom. The van der Waals surface area contributed by atoms with Crippen LogP contribution in [0.3, 0.4) is 0 Å². The van der Waals surface area contributed by atoms with E-state index in [1.807, 2.05) is 30.1 Å². The van der Waals surface area contributed by atoms with Crippen LogP contribution in [0.1, 0.15) is 39.3 Å². The van der Waals surface area contributed by atoms with Crippen LogP contribution in [0.4, 0.5) is 0 Å². The predicted octanol–water partition coefficient (Wildman–Crippen LogP) is 2.30. The topological polar surface area (TPSA) is 67.6 Å². The number of aryl methyl sites for hydroxylation is 3. The maximum Gasteiger partial charge on any atom is 0.221 e. The van der Waals surface area contributed by atoms with Gasteiger partial charge in [0.25, 0.3) is 0 Å². The van der Waals surface area contributed by atoms with Gasteiger partial charge in [-0.2, -0.15) is 5.10 Å². The summed E-state index contributed by atoms with van der Waals surface area (Å²) in [7, 11) is 1.91. The second-order valence-corrected chi connectivity index (χ2v) is 5.96. The van der Waals surface area contributed by atoms with E-state index >= 15 is 0 Å². The monoisotopic (exact) mass is 309 g/mol. The van der Waals surface area contributed by atoms with Gasteiger partial charge in [0.2, 0.25) is 5.91 Å². The Kier molecular flexibility index (Phi) is 4.82. The Labute approximate surface area is 129 Å². The fraction of sp³-hybridized carbons (Fsp3) is 0.643. The van der Waals surface area contributed by atoms with E-state index in [9.17, 15) is 4.79 Å². The number of aromatic amines is 1. The molecule has 0 atom stereocenters. The van der Waals surface area contributed by atoms with Crippen molar-refractivity contribution in [3.05, 3.63) is 10.5 Å². The Morgan fingerprint density at radius 2 is 2.19 bits per heavy atom. The zero-order valence-electron chi connectivity index (χ0n) is 13.1. The number of fused-ring (bicyclic) bond motifs is 1. The third-order valence-corrected chi connectivity index (χ3v) is 3.64. The number of hydrogen-bond donors (Lipinski definition) is 2. The highest BCUT2D eigenvalue weighted by Crippen LogP contribution is 2.19. The molecule has 0 saturated carbocycles. The summed E-state index contributed by atoms with van der Waals surface area (Å²) in [5, 5.41) is 7.43. The zero-order valence-corrected chi connectivity index (χ0v) is 13.9. The largest absolute Gasteiger partial charge is 0.354 e. The van der Waals surface area contributed by atoms with Crippen molar-refractivity contribution in [1.82, 2.24) is 24.6 Å². The maximum atomic E-state index is 11.8. The number of rotatable bonds is 6. The average molecular weight is 309 g/mol. The van der Waals surface area contributed by atoms with Gasteiger partial charge in [-0.3, -0.25) is 9.48 Å². The molecule has 0 bridgehead atoms. The number of nitrogens with zero attached hydrogens (tertiary/aromatic N) is 3. The molecule has 2 aromatic heterocycles. The molecule has 2 N–H and O–H groups in total. The molecule has 0 aliphatic carbocycles. The van der Waals surface area contributed by atoms with E-state index in [4.69, 9.17) is 12.2 Å². The van der Waals surface area contributed by atoms with Crippen molar-refractivity contribution in [2.45, 2.75) is 52.6 Å². The first-order chi connectivity index (χ1) is 9.93. The Bertz CT molecular complexity index is 694. The first-order valence-electron chi connectivity index (χ1n) is 7.37. The van der Waals surface area contributed by atoms with Crippen LogP contribution < -0.4 is 5.32 Å². The molecule has 0 aromatic carbocycles. The van der Waals surface area contributed by atoms with Crippen LogP contribution >= 0.6 is 12.2 Å². The van der Waals surface area contributed by atoms with Crippen LogP contribution in [0, 0.1) is 4.77 Å². The molecular formula is C14H23N5OS. The highest BCUT2D eigenvalue weighted by Gasteiger charge is 2.15. The van der Waals surface area contributed by atoms with Crippen molar-refractivity contribution in [2.75, 3.05) is 0 Å². The standard InChI is InChI=1S/C14H23N5OS/c1-5-6-10-12-13(18(4)17-10)19(14(21)16-12)8-7-11(20)15-9(2)3/h9H,5-8H2,1-4H3,(H,15,20)(H,16,21). The Balaban J connectivity index is 2.26. The van der Waals surface area contributed by atoms with Gasteiger partial charge in [0, 0.05) is 26.1 Å². The number of nitrogens with one attached hydrogen (secondary N) is 2. The molecule has 0 radical (unpaired) electrons. The summed E-state index contributed by atoms with van der Waals surface area (Å²) in [4.78, 5) is 15.0. The summed E-state index contributed by atoms with van der Waals surface area (Å²) in [6.45, 7) is 6.59. The first-order valence-corrected chi connectivity index (χ1v) is 7.78. The molecule has 21 heavy (non-hydrogen) atoms. The van der Waals surface area contributed by atoms with Gasteiger partial charge in [-0.1, -0.05) is 13.3 Å². The van der Waals surface area contributed by atoms with Gasteiger partial charge in [-0.25, -0.2) is 0 Å². The lowest BCUT2D eigenvalue weighted by Gasteiger charge is -2.09. The molecular weight excluding hydrogens is 286 g/mol. The van der Waals surface area contributed by atoms with Crippen molar-refractivity contribution < 1.29 is 4.79 Å². The van der Waals surface area contributed by atoms with Crippen LogP contribution in [0.5, 0.6) is 0 Å². The number of imidazole rings is 1. The molecule has 116 valence electrons. The van der Waals surface area contributed by atoms with Crippen molar-refractivity contribution in [1.29, 1.82) is 0 Å². The molecule has 0 unspecified atom stereocenters. The SMILES string of the molecule is CCCc1nn(C)c2c1[nH]c(=S)n2CCC(=O)NC(C)C. The fourth-order valence-corrected chi connectivity index (χ4v) is 2.78. The lowest BCUT2D eigenvalue weighted by Crippen LogP contribution is -2.30. The number of H-pyrrole nitrogens is 1. The van der Waals surface area contributed by atoms with E-state index in [1.54, 1.807) is 0 Å². The normalized spacial score (nSPS) is 11.5. The molecule has 0 aliphatic heterocycles. The minimum absolute atomic E-state index is 0.0391. The molecule has 7 heteroatoms. The molecule has 6 nitrogen and oxygen atoms in total. The fourth-order valence-electron chi connectivity index (χ4n) is 2.50. The van der Waals surface area contributed by atoms with Gasteiger partial charge >= 0.3 is 0 Å². The molecule has 0 spiro atoms. The molecule has 2 heterocycles. The molecule has 0 fully saturated rings. The van der Waals surface area contributed by atoms with Crippen LogP contribution in [0.2, 0.25) is 0 Å². The number of hydrogen-bond acceptors (Lipinski definition) is 3. The van der Waals surface area contributed by atoms with E-state index < -0.39 is 0 Å². The maximum absolute atomic E-state index is 11.8. The van der Waals surface area contributed by atoms with Crippen molar-refractivity contribution in [3.8, 4) is 0 Å². The van der Waals surface area contributed by atoms with Crippen molar-refractivity contribution >= 4 is 29.3 Å². The summed E-state index contributed by atoms with van der Waals surface area (Å²) in [6, 6.07) is 0.157. The average Bonchev–Trinajstić information content (AvgIpc) is 2.85. The summed E-state index contributed by atoms with van der Waals surface area (Å²) in [5.41, 5.74) is 2.99. The number of carbonyl (C=O) groups excluding carboxylic acids is 1. The van der Waals surface area contributed by atoms with Gasteiger partial charge in [-0.05, 0) is 32.5 Å². The second-order valence-electron chi connectivity index (χ2n) is 5.57. The van der Waals surface area contributed by atoms with Gasteiger partial charge in [-0.15, -0.1) is 0 Å². The summed E-state index contributed by atoms with van der Waals surface area (Å²) < 4.78 is 4.44. The summed E-state index contributed by atoms with van der Waals surface area (Å²) >= 11 is 5.38. The van der Waals surface area contributed by atoms with E-state index in [0.29, 0.717) is 17.7 Å². The number of aromatic nitrogens is 4. The first kappa shape index (κ1) is 15.8. The smallest absolute Gasteiger partial charge is 0.221 e. The van der Waals surface area contributed by atoms with Gasteiger partial charge < -0.3 is 14.9 Å². The minimum Gasteiger partial charge on any atom is -0.354 e. The van der Waals surface area contributed by atoms with Crippen LogP contribution in [0.15, 0.2) is 0 Å². The van der Waals surface area contributed by atoms with Gasteiger partial charge in [0.1, 0.15) is 5.52 Å². The third kappa shape index (κ3) is 3.34. The zero-order chi connectivity index (χ0) is 15.6. The molecule has 2 aromatic rings. The van der Waals surface area contributed by atoms with Crippen LogP contribution in [-0.4, -0.2) is 31.3 Å². The minimum atomic E-state index is 0.0391. The van der Waals surface area contributed by atoms with Gasteiger partial charge in [0.05, 0.1) is 5.69 Å². The lowest BCUT2D eigenvalue weighted by molar-refractivity contribution is -0.121. The predicted molar refractivity (Wildman–Crippen MR) is 85.8 cm³/mol. The van der Waals surface area contributed by atoms with E-state index in [1.165, 1.54) is 0 Å². The van der Waals surface area contributed by atoms with E-state index in [-0.39, 0.29) is 11.9 Å². The molecule has 0 aliphatic rings. The Hall–Kier alpha value is -1.63. The van der Waals surface area contributed by atoms with Crippen molar-refractivity contribution in [3.63, 3.8) is 0 Å².